The van der Waals surface area contributed by atoms with Gasteiger partial charge in [-0.25, -0.2) is 18.4 Å². The Kier molecular flexibility index (Phi) is 6.11. The molecule has 0 saturated heterocycles. The van der Waals surface area contributed by atoms with Crippen LogP contribution in [0.5, 0.6) is 11.5 Å². The molecule has 0 unspecified atom stereocenters. The molecule has 0 aliphatic heterocycles. The Morgan fingerprint density at radius 1 is 0.882 bits per heavy atom. The fraction of sp³-hybridized carbons (Fsp3) is 0.0400. The van der Waals surface area contributed by atoms with Crippen LogP contribution < -0.4 is 9.46 Å². The minimum atomic E-state index is -3.68. The summed E-state index contributed by atoms with van der Waals surface area (Å²) in [6.07, 6.45) is 4.02. The average Bonchev–Trinajstić information content (AvgIpc) is 3.53. The third kappa shape index (κ3) is 5.16. The van der Waals surface area contributed by atoms with E-state index in [2.05, 4.69) is 19.7 Å². The van der Waals surface area contributed by atoms with Crippen molar-refractivity contribution in [1.82, 2.24) is 15.0 Å². The van der Waals surface area contributed by atoms with Crippen LogP contribution in [0, 0.1) is 0 Å². The predicted molar refractivity (Wildman–Crippen MR) is 133 cm³/mol. The third-order valence-corrected chi connectivity index (χ3v) is 7.19. The number of hydrogen-bond donors (Lipinski definition) is 2. The first-order valence-electron chi connectivity index (χ1n) is 10.4. The lowest BCUT2D eigenvalue weighted by molar-refractivity contribution is 0.482. The van der Waals surface area contributed by atoms with Gasteiger partial charge in [-0.05, 0) is 54.1 Å². The van der Waals surface area contributed by atoms with Crippen LogP contribution in [0.25, 0.3) is 11.4 Å². The zero-order valence-electron chi connectivity index (χ0n) is 17.9. The number of anilines is 1. The summed E-state index contributed by atoms with van der Waals surface area (Å²) in [5.74, 6) is 2.25. The van der Waals surface area contributed by atoms with Crippen LogP contribution in [-0.2, 0) is 16.4 Å². The third-order valence-electron chi connectivity index (χ3n) is 5.02. The first-order chi connectivity index (χ1) is 16.5. The van der Waals surface area contributed by atoms with E-state index in [9.17, 15) is 8.42 Å². The van der Waals surface area contributed by atoms with Crippen molar-refractivity contribution in [2.45, 2.75) is 11.3 Å². The number of thiazole rings is 1. The molecular formula is C25H20N4O3S2. The Labute approximate surface area is 201 Å². The fourth-order valence-electron chi connectivity index (χ4n) is 3.36. The molecular weight excluding hydrogens is 468 g/mol. The molecule has 2 N–H and O–H groups in total. The molecule has 0 atom stereocenters. The SMILES string of the molecule is O=S(=O)(Nc1nccs1)c1ccc(-c2ncc(Cc3ccc(Oc4ccccc4)cc3)[nH]2)cc1. The van der Waals surface area contributed by atoms with Gasteiger partial charge in [0.1, 0.15) is 17.3 Å². The van der Waals surface area contributed by atoms with Crippen LogP contribution in [-0.4, -0.2) is 23.4 Å². The summed E-state index contributed by atoms with van der Waals surface area (Å²) in [7, 11) is -3.68. The number of hydrogen-bond acceptors (Lipinski definition) is 6. The van der Waals surface area contributed by atoms with Crippen molar-refractivity contribution in [2.75, 3.05) is 4.72 Å². The second-order valence-electron chi connectivity index (χ2n) is 7.46. The van der Waals surface area contributed by atoms with Crippen molar-refractivity contribution in [3.63, 3.8) is 0 Å². The lowest BCUT2D eigenvalue weighted by Crippen LogP contribution is -2.12. The Bertz CT molecular complexity index is 1460. The molecule has 0 aliphatic rings. The quantitative estimate of drug-likeness (QED) is 0.291. The molecule has 2 heterocycles. The molecule has 34 heavy (non-hydrogen) atoms. The summed E-state index contributed by atoms with van der Waals surface area (Å²) in [6, 6.07) is 24.2. The number of ether oxygens (including phenoxy) is 1. The molecule has 7 nitrogen and oxygen atoms in total. The second kappa shape index (κ2) is 9.50. The molecule has 9 heteroatoms. The molecule has 0 fully saturated rings. The Hall–Kier alpha value is -3.95. The molecule has 0 radical (unpaired) electrons. The Balaban J connectivity index is 1.24. The average molecular weight is 489 g/mol. The van der Waals surface area contributed by atoms with Gasteiger partial charge in [-0.15, -0.1) is 11.3 Å². The van der Waals surface area contributed by atoms with Gasteiger partial charge in [0.15, 0.2) is 5.13 Å². The van der Waals surface area contributed by atoms with Gasteiger partial charge in [0, 0.05) is 35.5 Å². The number of para-hydroxylation sites is 1. The van der Waals surface area contributed by atoms with Gasteiger partial charge < -0.3 is 9.72 Å². The zero-order chi connectivity index (χ0) is 23.4. The summed E-state index contributed by atoms with van der Waals surface area (Å²) in [5.41, 5.74) is 2.87. The van der Waals surface area contributed by atoms with E-state index in [0.29, 0.717) is 17.4 Å². The number of nitrogens with one attached hydrogen (secondary N) is 2. The summed E-state index contributed by atoms with van der Waals surface area (Å²) >= 11 is 1.23. The normalized spacial score (nSPS) is 11.3. The van der Waals surface area contributed by atoms with Crippen LogP contribution >= 0.6 is 11.3 Å². The van der Waals surface area contributed by atoms with Crippen LogP contribution in [0.4, 0.5) is 5.13 Å². The first kappa shape index (κ1) is 21.9. The topological polar surface area (TPSA) is 97.0 Å². The van der Waals surface area contributed by atoms with Crippen molar-refractivity contribution in [1.29, 1.82) is 0 Å². The standard InChI is InChI=1S/C25H20N4O3S2/c30-34(31,29-25-26-14-15-33-25)23-12-8-19(9-13-23)24-27-17-20(28-24)16-18-6-10-22(11-7-18)32-21-4-2-1-3-5-21/h1-15,17H,16H2,(H,26,29)(H,27,28). The molecule has 0 saturated carbocycles. The molecule has 3 aromatic carbocycles. The van der Waals surface area contributed by atoms with Crippen LogP contribution in [0.2, 0.25) is 0 Å². The van der Waals surface area contributed by atoms with E-state index in [1.165, 1.54) is 11.3 Å². The highest BCUT2D eigenvalue weighted by molar-refractivity contribution is 7.93. The van der Waals surface area contributed by atoms with Gasteiger partial charge in [0.25, 0.3) is 10.0 Å². The molecule has 0 spiro atoms. The Morgan fingerprint density at radius 2 is 1.62 bits per heavy atom. The number of aromatic nitrogens is 3. The van der Waals surface area contributed by atoms with E-state index in [1.807, 2.05) is 54.6 Å². The summed E-state index contributed by atoms with van der Waals surface area (Å²) in [5, 5.41) is 2.04. The molecule has 2 aromatic heterocycles. The highest BCUT2D eigenvalue weighted by Crippen LogP contribution is 2.24. The monoisotopic (exact) mass is 488 g/mol. The molecule has 5 aromatic rings. The van der Waals surface area contributed by atoms with Gasteiger partial charge >= 0.3 is 0 Å². The number of aromatic amines is 1. The largest absolute Gasteiger partial charge is 0.457 e. The zero-order valence-corrected chi connectivity index (χ0v) is 19.5. The molecule has 5 rings (SSSR count). The van der Waals surface area contributed by atoms with E-state index in [4.69, 9.17) is 4.74 Å². The number of rotatable bonds is 8. The minimum absolute atomic E-state index is 0.163. The van der Waals surface area contributed by atoms with Gasteiger partial charge in [-0.1, -0.05) is 30.3 Å². The van der Waals surface area contributed by atoms with Crippen molar-refractivity contribution in [2.24, 2.45) is 0 Å². The van der Waals surface area contributed by atoms with Gasteiger partial charge in [0.05, 0.1) is 4.90 Å². The maximum Gasteiger partial charge on any atom is 0.263 e. The number of benzene rings is 3. The molecule has 0 amide bonds. The lowest BCUT2D eigenvalue weighted by Gasteiger charge is -2.06. The highest BCUT2D eigenvalue weighted by atomic mass is 32.2. The molecule has 170 valence electrons. The van der Waals surface area contributed by atoms with E-state index in [1.54, 1.807) is 42.0 Å². The van der Waals surface area contributed by atoms with Gasteiger partial charge in [-0.2, -0.15) is 0 Å². The van der Waals surface area contributed by atoms with E-state index in [-0.39, 0.29) is 4.90 Å². The predicted octanol–water partition coefficient (Wildman–Crippen LogP) is 5.72. The van der Waals surface area contributed by atoms with Crippen LogP contribution in [0.1, 0.15) is 11.3 Å². The van der Waals surface area contributed by atoms with Gasteiger partial charge in [0.2, 0.25) is 0 Å². The first-order valence-corrected chi connectivity index (χ1v) is 12.8. The van der Waals surface area contributed by atoms with Crippen molar-refractivity contribution >= 4 is 26.5 Å². The number of sulfonamides is 1. The minimum Gasteiger partial charge on any atom is -0.457 e. The maximum atomic E-state index is 12.5. The van der Waals surface area contributed by atoms with Crippen LogP contribution in [0.15, 0.2) is 102 Å². The van der Waals surface area contributed by atoms with Crippen molar-refractivity contribution in [3.05, 3.63) is 108 Å². The maximum absolute atomic E-state index is 12.5. The van der Waals surface area contributed by atoms with Gasteiger partial charge in [-0.3, -0.25) is 4.72 Å². The summed E-state index contributed by atoms with van der Waals surface area (Å²) in [6.45, 7) is 0. The highest BCUT2D eigenvalue weighted by Gasteiger charge is 2.16. The molecule has 0 bridgehead atoms. The van der Waals surface area contributed by atoms with E-state index >= 15 is 0 Å². The summed E-state index contributed by atoms with van der Waals surface area (Å²) in [4.78, 5) is 11.9. The van der Waals surface area contributed by atoms with E-state index < -0.39 is 10.0 Å². The molecule has 0 aliphatic carbocycles. The summed E-state index contributed by atoms with van der Waals surface area (Å²) < 4.78 is 33.3. The van der Waals surface area contributed by atoms with Crippen LogP contribution in [0.3, 0.4) is 0 Å². The number of nitrogens with zero attached hydrogens (tertiary/aromatic N) is 2. The Morgan fingerprint density at radius 3 is 2.32 bits per heavy atom. The second-order valence-corrected chi connectivity index (χ2v) is 10.0. The lowest BCUT2D eigenvalue weighted by atomic mass is 10.1. The van der Waals surface area contributed by atoms with Crippen molar-refractivity contribution in [3.8, 4) is 22.9 Å². The van der Waals surface area contributed by atoms with E-state index in [0.717, 1.165) is 28.3 Å². The number of imidazole rings is 1. The van der Waals surface area contributed by atoms with Crippen molar-refractivity contribution < 1.29 is 13.2 Å². The smallest absolute Gasteiger partial charge is 0.263 e. The fourth-order valence-corrected chi connectivity index (χ4v) is 5.14. The number of H-pyrrole nitrogens is 1.